The Kier molecular flexibility index (Phi) is 5.78. The second-order valence-corrected chi connectivity index (χ2v) is 7.43. The third kappa shape index (κ3) is 4.39. The van der Waals surface area contributed by atoms with E-state index in [2.05, 4.69) is 18.9 Å². The van der Waals surface area contributed by atoms with E-state index in [1.807, 2.05) is 24.6 Å². The van der Waals surface area contributed by atoms with Crippen molar-refractivity contribution in [3.05, 3.63) is 70.9 Å². The molecule has 0 N–H and O–H groups in total. The van der Waals surface area contributed by atoms with Crippen LogP contribution >= 0.6 is 0 Å². The average molecular weight is 379 g/mol. The highest BCUT2D eigenvalue weighted by molar-refractivity contribution is 5.91. The first-order valence-corrected chi connectivity index (χ1v) is 9.37. The van der Waals surface area contributed by atoms with Crippen LogP contribution in [0.15, 0.2) is 59.9 Å². The van der Waals surface area contributed by atoms with E-state index in [0.29, 0.717) is 28.3 Å². The first-order chi connectivity index (χ1) is 13.3. The fourth-order valence-electron chi connectivity index (χ4n) is 3.25. The minimum atomic E-state index is -0.380. The van der Waals surface area contributed by atoms with Gasteiger partial charge in [-0.1, -0.05) is 26.0 Å². The van der Waals surface area contributed by atoms with Crippen LogP contribution in [0.3, 0.4) is 0 Å². The number of aromatic nitrogens is 3. The summed E-state index contributed by atoms with van der Waals surface area (Å²) >= 11 is 0. The molecule has 0 radical (unpaired) electrons. The molecule has 0 amide bonds. The molecule has 0 spiro atoms. The molecule has 0 saturated heterocycles. The monoisotopic (exact) mass is 379 g/mol. The Labute approximate surface area is 164 Å². The van der Waals surface area contributed by atoms with Crippen molar-refractivity contribution in [2.24, 2.45) is 13.0 Å². The van der Waals surface area contributed by atoms with Gasteiger partial charge in [0.2, 0.25) is 5.43 Å². The van der Waals surface area contributed by atoms with E-state index in [-0.39, 0.29) is 17.5 Å². The van der Waals surface area contributed by atoms with Crippen molar-refractivity contribution in [2.45, 2.75) is 33.3 Å². The zero-order valence-electron chi connectivity index (χ0n) is 16.6. The summed E-state index contributed by atoms with van der Waals surface area (Å²) in [7, 11) is 1.85. The third-order valence-corrected chi connectivity index (χ3v) is 4.41. The summed E-state index contributed by atoms with van der Waals surface area (Å²) in [6.07, 6.45) is 7.47. The highest BCUT2D eigenvalue weighted by atomic mass is 16.5. The lowest BCUT2D eigenvalue weighted by Gasteiger charge is -2.15. The van der Waals surface area contributed by atoms with Crippen molar-refractivity contribution in [3.63, 3.8) is 0 Å². The third-order valence-electron chi connectivity index (χ3n) is 4.41. The summed E-state index contributed by atoms with van der Waals surface area (Å²) in [6.45, 7) is 6.08. The van der Waals surface area contributed by atoms with Gasteiger partial charge in [0.25, 0.3) is 0 Å². The lowest BCUT2D eigenvalue weighted by Crippen LogP contribution is -2.18. The van der Waals surface area contributed by atoms with Crippen molar-refractivity contribution in [3.8, 4) is 16.8 Å². The van der Waals surface area contributed by atoms with E-state index in [9.17, 15) is 9.59 Å². The van der Waals surface area contributed by atoms with Gasteiger partial charge in [-0.2, -0.15) is 5.10 Å². The van der Waals surface area contributed by atoms with Crippen LogP contribution in [0.25, 0.3) is 16.8 Å². The van der Waals surface area contributed by atoms with Crippen LogP contribution in [-0.4, -0.2) is 26.4 Å². The van der Waals surface area contributed by atoms with Crippen LogP contribution in [0.2, 0.25) is 0 Å². The van der Waals surface area contributed by atoms with Crippen molar-refractivity contribution in [1.82, 2.24) is 14.3 Å². The summed E-state index contributed by atoms with van der Waals surface area (Å²) in [4.78, 5) is 25.5. The number of benzene rings is 1. The van der Waals surface area contributed by atoms with Gasteiger partial charge in [0, 0.05) is 37.4 Å². The SMILES string of the molecule is CC(C)CC(C)OC(=O)c1cccc(-c2cn(C)cc(-n3cccn3)c2=O)c1. The van der Waals surface area contributed by atoms with Gasteiger partial charge in [0.1, 0.15) is 5.69 Å². The van der Waals surface area contributed by atoms with E-state index in [1.54, 1.807) is 49.1 Å². The van der Waals surface area contributed by atoms with E-state index >= 15 is 0 Å². The molecule has 0 aliphatic carbocycles. The van der Waals surface area contributed by atoms with Gasteiger partial charge in [-0.05, 0) is 43.0 Å². The molecule has 6 nitrogen and oxygen atoms in total. The highest BCUT2D eigenvalue weighted by Gasteiger charge is 2.16. The summed E-state index contributed by atoms with van der Waals surface area (Å²) in [5.41, 5.74) is 1.89. The van der Waals surface area contributed by atoms with Gasteiger partial charge < -0.3 is 9.30 Å². The van der Waals surface area contributed by atoms with Gasteiger partial charge in [-0.15, -0.1) is 0 Å². The molecular weight excluding hydrogens is 354 g/mol. The fraction of sp³-hybridized carbons (Fsp3) is 0.318. The number of esters is 1. The Hall–Kier alpha value is -3.15. The van der Waals surface area contributed by atoms with Crippen molar-refractivity contribution < 1.29 is 9.53 Å². The predicted octanol–water partition coefficient (Wildman–Crippen LogP) is 3.83. The van der Waals surface area contributed by atoms with Crippen LogP contribution in [0.1, 0.15) is 37.6 Å². The summed E-state index contributed by atoms with van der Waals surface area (Å²) < 4.78 is 8.89. The van der Waals surface area contributed by atoms with E-state index in [4.69, 9.17) is 4.74 Å². The Morgan fingerprint density at radius 2 is 1.96 bits per heavy atom. The standard InChI is InChI=1S/C22H25N3O3/c1-15(2)11-16(3)28-22(27)18-8-5-7-17(12-18)19-13-24(4)14-20(21(19)26)25-10-6-9-23-25/h5-10,12-16H,11H2,1-4H3. The Morgan fingerprint density at radius 1 is 1.18 bits per heavy atom. The summed E-state index contributed by atoms with van der Waals surface area (Å²) in [5.74, 6) is 0.0669. The molecule has 0 saturated carbocycles. The molecule has 3 rings (SSSR count). The average Bonchev–Trinajstić information content (AvgIpc) is 3.17. The van der Waals surface area contributed by atoms with Gasteiger partial charge in [0.05, 0.1) is 11.7 Å². The molecule has 146 valence electrons. The normalized spacial score (nSPS) is 12.2. The maximum Gasteiger partial charge on any atom is 0.338 e. The van der Waals surface area contributed by atoms with Gasteiger partial charge in [-0.3, -0.25) is 4.79 Å². The van der Waals surface area contributed by atoms with Gasteiger partial charge in [-0.25, -0.2) is 9.48 Å². The maximum absolute atomic E-state index is 13.0. The highest BCUT2D eigenvalue weighted by Crippen LogP contribution is 2.20. The minimum Gasteiger partial charge on any atom is -0.459 e. The lowest BCUT2D eigenvalue weighted by molar-refractivity contribution is 0.0299. The zero-order chi connectivity index (χ0) is 20.3. The number of hydrogen-bond donors (Lipinski definition) is 0. The topological polar surface area (TPSA) is 66.1 Å². The van der Waals surface area contributed by atoms with Crippen LogP contribution in [0, 0.1) is 5.92 Å². The van der Waals surface area contributed by atoms with Gasteiger partial charge >= 0.3 is 5.97 Å². The Balaban J connectivity index is 1.95. The molecule has 0 aliphatic heterocycles. The quantitative estimate of drug-likeness (QED) is 0.611. The number of carbonyl (C=O) groups is 1. The van der Waals surface area contributed by atoms with Crippen LogP contribution < -0.4 is 5.43 Å². The molecule has 28 heavy (non-hydrogen) atoms. The molecule has 2 heterocycles. The van der Waals surface area contributed by atoms with E-state index < -0.39 is 0 Å². The molecule has 2 aromatic heterocycles. The molecule has 0 fully saturated rings. The number of carbonyl (C=O) groups excluding carboxylic acids is 1. The zero-order valence-corrected chi connectivity index (χ0v) is 16.6. The van der Waals surface area contributed by atoms with Crippen LogP contribution in [-0.2, 0) is 11.8 Å². The van der Waals surface area contributed by atoms with E-state index in [1.165, 1.54) is 4.68 Å². The Morgan fingerprint density at radius 3 is 2.64 bits per heavy atom. The smallest absolute Gasteiger partial charge is 0.338 e. The molecule has 3 aromatic rings. The number of hydrogen-bond acceptors (Lipinski definition) is 4. The predicted molar refractivity (Wildman–Crippen MR) is 109 cm³/mol. The second-order valence-electron chi connectivity index (χ2n) is 7.43. The molecule has 1 aromatic carbocycles. The van der Waals surface area contributed by atoms with Crippen LogP contribution in [0.5, 0.6) is 0 Å². The number of rotatable bonds is 6. The van der Waals surface area contributed by atoms with Crippen molar-refractivity contribution in [1.29, 1.82) is 0 Å². The Bertz CT molecular complexity index is 1020. The second kappa shape index (κ2) is 8.25. The number of aryl methyl sites for hydroxylation is 1. The molecular formula is C22H25N3O3. The largest absolute Gasteiger partial charge is 0.459 e. The molecule has 1 atom stereocenters. The maximum atomic E-state index is 13.0. The summed E-state index contributed by atoms with van der Waals surface area (Å²) in [5, 5.41) is 4.15. The minimum absolute atomic E-state index is 0.152. The molecule has 1 unspecified atom stereocenters. The molecule has 0 aliphatic rings. The fourth-order valence-corrected chi connectivity index (χ4v) is 3.25. The number of pyridine rings is 1. The lowest BCUT2D eigenvalue weighted by atomic mass is 10.0. The van der Waals surface area contributed by atoms with Crippen LogP contribution in [0.4, 0.5) is 0 Å². The molecule has 6 heteroatoms. The number of nitrogens with zero attached hydrogens (tertiary/aromatic N) is 3. The van der Waals surface area contributed by atoms with Crippen molar-refractivity contribution >= 4 is 5.97 Å². The first kappa shape index (κ1) is 19.6. The number of ether oxygens (including phenoxy) is 1. The van der Waals surface area contributed by atoms with E-state index in [0.717, 1.165) is 6.42 Å². The first-order valence-electron chi connectivity index (χ1n) is 9.37. The summed E-state index contributed by atoms with van der Waals surface area (Å²) in [6, 6.07) is 8.75. The molecule has 0 bridgehead atoms. The van der Waals surface area contributed by atoms with Gasteiger partial charge in [0.15, 0.2) is 0 Å². The van der Waals surface area contributed by atoms with Crippen molar-refractivity contribution in [2.75, 3.05) is 0 Å².